The number of ether oxygens (including phenoxy) is 1. The van der Waals surface area contributed by atoms with Crippen molar-refractivity contribution >= 4 is 11.9 Å². The molecule has 1 heterocycles. The maximum absolute atomic E-state index is 12.6. The van der Waals surface area contributed by atoms with E-state index in [9.17, 15) is 9.59 Å². The minimum Gasteiger partial charge on any atom is -0.488 e. The highest BCUT2D eigenvalue weighted by Gasteiger charge is 2.33. The summed E-state index contributed by atoms with van der Waals surface area (Å²) in [7, 11) is 0. The molecule has 2 unspecified atom stereocenters. The molecule has 1 N–H and O–H groups in total. The Hall–Kier alpha value is -2.04. The van der Waals surface area contributed by atoms with E-state index in [-0.39, 0.29) is 23.3 Å². The smallest absolute Gasteiger partial charge is 0.306 e. The topological polar surface area (TPSA) is 66.8 Å². The van der Waals surface area contributed by atoms with E-state index in [0.717, 1.165) is 5.75 Å². The van der Waals surface area contributed by atoms with Crippen molar-refractivity contribution in [1.29, 1.82) is 0 Å². The van der Waals surface area contributed by atoms with Gasteiger partial charge in [0, 0.05) is 18.7 Å². The first kappa shape index (κ1) is 17.3. The first-order chi connectivity index (χ1) is 10.7. The number of hydrogen-bond acceptors (Lipinski definition) is 3. The maximum atomic E-state index is 12.6. The number of rotatable bonds is 3. The third-order valence-corrected chi connectivity index (χ3v) is 4.03. The summed E-state index contributed by atoms with van der Waals surface area (Å²) in [4.78, 5) is 25.4. The fraction of sp³-hybridized carbons (Fsp3) is 0.556. The van der Waals surface area contributed by atoms with Gasteiger partial charge >= 0.3 is 5.97 Å². The van der Waals surface area contributed by atoms with E-state index in [1.54, 1.807) is 29.2 Å². The van der Waals surface area contributed by atoms with Gasteiger partial charge in [-0.05, 0) is 57.4 Å². The molecule has 5 heteroatoms. The Morgan fingerprint density at radius 2 is 1.83 bits per heavy atom. The fourth-order valence-corrected chi connectivity index (χ4v) is 2.90. The third kappa shape index (κ3) is 4.47. The number of amides is 1. The van der Waals surface area contributed by atoms with Crippen molar-refractivity contribution in [2.24, 2.45) is 11.8 Å². The summed E-state index contributed by atoms with van der Waals surface area (Å²) in [6, 6.07) is 7.12. The van der Waals surface area contributed by atoms with Gasteiger partial charge in [0.2, 0.25) is 0 Å². The maximum Gasteiger partial charge on any atom is 0.306 e. The summed E-state index contributed by atoms with van der Waals surface area (Å²) < 4.78 is 5.75. The van der Waals surface area contributed by atoms with Crippen molar-refractivity contribution in [1.82, 2.24) is 4.90 Å². The molecule has 2 atom stereocenters. The van der Waals surface area contributed by atoms with Crippen molar-refractivity contribution in [2.45, 2.75) is 39.7 Å². The summed E-state index contributed by atoms with van der Waals surface area (Å²) in [5, 5.41) is 9.16. The molecule has 1 aliphatic rings. The van der Waals surface area contributed by atoms with E-state index in [2.05, 4.69) is 0 Å². The molecule has 1 saturated heterocycles. The SMILES string of the molecule is CC1CN(C(=O)c2ccc(OC(C)(C)C)cc2)CCC1C(=O)O. The van der Waals surface area contributed by atoms with Crippen LogP contribution in [0.1, 0.15) is 44.5 Å². The zero-order valence-corrected chi connectivity index (χ0v) is 14.2. The zero-order chi connectivity index (χ0) is 17.2. The highest BCUT2D eigenvalue weighted by atomic mass is 16.5. The molecule has 0 saturated carbocycles. The predicted molar refractivity (Wildman–Crippen MR) is 87.6 cm³/mol. The second-order valence-corrected chi connectivity index (χ2v) is 7.20. The highest BCUT2D eigenvalue weighted by molar-refractivity contribution is 5.94. The van der Waals surface area contributed by atoms with Crippen LogP contribution in [0.3, 0.4) is 0 Å². The van der Waals surface area contributed by atoms with Crippen LogP contribution in [0.15, 0.2) is 24.3 Å². The molecule has 0 radical (unpaired) electrons. The van der Waals surface area contributed by atoms with Gasteiger partial charge in [-0.1, -0.05) is 6.92 Å². The molecule has 1 aliphatic heterocycles. The fourth-order valence-electron chi connectivity index (χ4n) is 2.90. The molecule has 2 rings (SSSR count). The minimum absolute atomic E-state index is 0.0336. The summed E-state index contributed by atoms with van der Waals surface area (Å²) >= 11 is 0. The van der Waals surface area contributed by atoms with Gasteiger partial charge in [0.05, 0.1) is 5.92 Å². The van der Waals surface area contributed by atoms with Gasteiger partial charge in [0.25, 0.3) is 5.91 Å². The van der Waals surface area contributed by atoms with Gasteiger partial charge in [-0.2, -0.15) is 0 Å². The van der Waals surface area contributed by atoms with Crippen LogP contribution in [-0.2, 0) is 4.79 Å². The normalized spacial score (nSPS) is 21.8. The average molecular weight is 319 g/mol. The Balaban J connectivity index is 2.02. The number of piperidine rings is 1. The number of benzene rings is 1. The molecule has 0 aliphatic carbocycles. The number of carbonyl (C=O) groups is 2. The Kier molecular flexibility index (Phi) is 4.97. The minimum atomic E-state index is -0.770. The van der Waals surface area contributed by atoms with Gasteiger partial charge < -0.3 is 14.7 Å². The summed E-state index contributed by atoms with van der Waals surface area (Å²) in [5.74, 6) is -0.487. The molecule has 1 fully saturated rings. The lowest BCUT2D eigenvalue weighted by molar-refractivity contribution is -0.145. The van der Waals surface area contributed by atoms with Gasteiger partial charge in [-0.15, -0.1) is 0 Å². The molecular weight excluding hydrogens is 294 g/mol. The van der Waals surface area contributed by atoms with E-state index in [4.69, 9.17) is 9.84 Å². The number of carboxylic acids is 1. The van der Waals surface area contributed by atoms with Gasteiger partial charge in [-0.25, -0.2) is 0 Å². The van der Waals surface area contributed by atoms with E-state index >= 15 is 0 Å². The Labute approximate surface area is 137 Å². The number of aliphatic carboxylic acids is 1. The highest BCUT2D eigenvalue weighted by Crippen LogP contribution is 2.25. The molecular formula is C18H25NO4. The first-order valence-electron chi connectivity index (χ1n) is 7.98. The predicted octanol–water partition coefficient (Wildman–Crippen LogP) is 3.05. The summed E-state index contributed by atoms with van der Waals surface area (Å²) in [5.41, 5.74) is 0.326. The number of hydrogen-bond donors (Lipinski definition) is 1. The number of nitrogens with zero attached hydrogens (tertiary/aromatic N) is 1. The summed E-state index contributed by atoms with van der Waals surface area (Å²) in [6.45, 7) is 8.77. The largest absolute Gasteiger partial charge is 0.488 e. The van der Waals surface area contributed by atoms with Crippen LogP contribution in [0, 0.1) is 11.8 Å². The zero-order valence-electron chi connectivity index (χ0n) is 14.2. The molecule has 5 nitrogen and oxygen atoms in total. The number of carboxylic acid groups (broad SMARTS) is 1. The van der Waals surface area contributed by atoms with Crippen LogP contribution in [0.25, 0.3) is 0 Å². The molecule has 1 aromatic rings. The van der Waals surface area contributed by atoms with Crippen LogP contribution in [0.2, 0.25) is 0 Å². The lowest BCUT2D eigenvalue weighted by Crippen LogP contribution is -2.45. The van der Waals surface area contributed by atoms with Crippen LogP contribution in [-0.4, -0.2) is 40.6 Å². The second kappa shape index (κ2) is 6.60. The van der Waals surface area contributed by atoms with Crippen molar-refractivity contribution in [3.63, 3.8) is 0 Å². The van der Waals surface area contributed by atoms with Crippen LogP contribution < -0.4 is 4.74 Å². The van der Waals surface area contributed by atoms with Crippen LogP contribution in [0.5, 0.6) is 5.75 Å². The van der Waals surface area contributed by atoms with E-state index in [1.807, 2.05) is 27.7 Å². The quantitative estimate of drug-likeness (QED) is 0.930. The molecule has 0 bridgehead atoms. The molecule has 1 aromatic carbocycles. The number of carbonyl (C=O) groups excluding carboxylic acids is 1. The molecule has 23 heavy (non-hydrogen) atoms. The lowest BCUT2D eigenvalue weighted by atomic mass is 9.87. The van der Waals surface area contributed by atoms with Crippen molar-refractivity contribution in [3.8, 4) is 5.75 Å². The molecule has 0 aromatic heterocycles. The Morgan fingerprint density at radius 3 is 2.30 bits per heavy atom. The molecule has 126 valence electrons. The second-order valence-electron chi connectivity index (χ2n) is 7.20. The monoisotopic (exact) mass is 319 g/mol. The van der Waals surface area contributed by atoms with Gasteiger partial charge in [-0.3, -0.25) is 9.59 Å². The average Bonchev–Trinajstić information content (AvgIpc) is 2.45. The van der Waals surface area contributed by atoms with Gasteiger partial charge in [0.1, 0.15) is 11.4 Å². The first-order valence-corrected chi connectivity index (χ1v) is 7.98. The van der Waals surface area contributed by atoms with Crippen molar-refractivity contribution in [2.75, 3.05) is 13.1 Å². The van der Waals surface area contributed by atoms with E-state index in [0.29, 0.717) is 25.1 Å². The Morgan fingerprint density at radius 1 is 1.22 bits per heavy atom. The van der Waals surface area contributed by atoms with E-state index < -0.39 is 5.97 Å². The van der Waals surface area contributed by atoms with Crippen molar-refractivity contribution in [3.05, 3.63) is 29.8 Å². The standard InChI is InChI=1S/C18H25NO4/c1-12-11-19(10-9-15(12)17(21)22)16(20)13-5-7-14(8-6-13)23-18(2,3)4/h5-8,12,15H,9-11H2,1-4H3,(H,21,22). The lowest BCUT2D eigenvalue weighted by Gasteiger charge is -2.35. The molecule has 0 spiro atoms. The Bertz CT molecular complexity index is 574. The van der Waals surface area contributed by atoms with Crippen molar-refractivity contribution < 1.29 is 19.4 Å². The third-order valence-electron chi connectivity index (χ3n) is 4.03. The number of likely N-dealkylation sites (tertiary alicyclic amines) is 1. The van der Waals surface area contributed by atoms with Gasteiger partial charge in [0.15, 0.2) is 0 Å². The van der Waals surface area contributed by atoms with E-state index in [1.165, 1.54) is 0 Å². The molecule has 1 amide bonds. The summed E-state index contributed by atoms with van der Waals surface area (Å²) in [6.07, 6.45) is 0.507. The van der Waals surface area contributed by atoms with Crippen LogP contribution >= 0.6 is 0 Å². The van der Waals surface area contributed by atoms with Crippen LogP contribution in [0.4, 0.5) is 0 Å².